The fourth-order valence-electron chi connectivity index (χ4n) is 2.62. The summed E-state index contributed by atoms with van der Waals surface area (Å²) in [5.74, 6) is 2.48. The summed E-state index contributed by atoms with van der Waals surface area (Å²) >= 11 is 0. The lowest BCUT2D eigenvalue weighted by Crippen LogP contribution is -2.18. The van der Waals surface area contributed by atoms with Gasteiger partial charge in [0.2, 0.25) is 5.65 Å². The molecule has 108 valence electrons. The van der Waals surface area contributed by atoms with E-state index in [0.717, 1.165) is 29.4 Å². The molecule has 21 heavy (non-hydrogen) atoms. The second kappa shape index (κ2) is 4.54. The van der Waals surface area contributed by atoms with Crippen LogP contribution < -0.4 is 4.90 Å². The first-order chi connectivity index (χ1) is 10.2. The molecule has 3 aromatic heterocycles. The third-order valence-corrected chi connectivity index (χ3v) is 3.82. The molecule has 0 unspecified atom stereocenters. The highest BCUT2D eigenvalue weighted by molar-refractivity contribution is 5.63. The van der Waals surface area contributed by atoms with Crippen LogP contribution in [0.15, 0.2) is 24.8 Å². The highest BCUT2D eigenvalue weighted by Gasteiger charge is 2.29. The molecule has 0 saturated heterocycles. The van der Waals surface area contributed by atoms with E-state index in [9.17, 15) is 0 Å². The second-order valence-electron chi connectivity index (χ2n) is 5.66. The van der Waals surface area contributed by atoms with Crippen molar-refractivity contribution in [2.24, 2.45) is 7.05 Å². The molecule has 0 radical (unpaired) electrons. The molecular formula is C14H17N7. The molecule has 1 aliphatic carbocycles. The number of nitrogens with zero attached hydrogens (tertiary/aromatic N) is 7. The van der Waals surface area contributed by atoms with Crippen molar-refractivity contribution in [3.8, 4) is 0 Å². The molecular weight excluding hydrogens is 266 g/mol. The topological polar surface area (TPSA) is 64.1 Å². The maximum atomic E-state index is 4.48. The van der Waals surface area contributed by atoms with E-state index in [1.807, 2.05) is 38.9 Å². The molecule has 7 heteroatoms. The Morgan fingerprint density at radius 3 is 2.90 bits per heavy atom. The molecule has 0 aromatic carbocycles. The van der Waals surface area contributed by atoms with E-state index in [2.05, 4.69) is 29.6 Å². The monoisotopic (exact) mass is 283 g/mol. The number of hydrogen-bond acceptors (Lipinski definition) is 5. The van der Waals surface area contributed by atoms with Crippen LogP contribution >= 0.6 is 0 Å². The third-order valence-electron chi connectivity index (χ3n) is 3.82. The van der Waals surface area contributed by atoms with E-state index >= 15 is 0 Å². The Morgan fingerprint density at radius 2 is 2.19 bits per heavy atom. The number of hydrogen-bond donors (Lipinski definition) is 0. The van der Waals surface area contributed by atoms with Gasteiger partial charge in [0.1, 0.15) is 5.82 Å². The Hall–Kier alpha value is -2.44. The Balaban J connectivity index is 1.69. The zero-order chi connectivity index (χ0) is 14.4. The van der Waals surface area contributed by atoms with E-state index in [1.54, 1.807) is 4.68 Å². The molecule has 3 heterocycles. The van der Waals surface area contributed by atoms with Gasteiger partial charge in [0, 0.05) is 50.7 Å². The number of aryl methyl sites for hydroxylation is 1. The van der Waals surface area contributed by atoms with Crippen LogP contribution in [-0.4, -0.2) is 36.4 Å². The van der Waals surface area contributed by atoms with Gasteiger partial charge in [0.25, 0.3) is 0 Å². The second-order valence-corrected chi connectivity index (χ2v) is 5.66. The minimum atomic E-state index is 0.568. The van der Waals surface area contributed by atoms with Crippen LogP contribution in [0.2, 0.25) is 0 Å². The first kappa shape index (κ1) is 12.3. The summed E-state index contributed by atoms with van der Waals surface area (Å²) in [6.07, 6.45) is 10.1. The maximum Gasteiger partial charge on any atom is 0.203 e. The standard InChI is InChI=1S/C14H17N7/c1-19(8-10-7-16-20(2)9-10)13-14-18-17-12(11-3-4-11)21(14)6-5-15-13/h5-7,9,11H,3-4,8H2,1-2H3. The van der Waals surface area contributed by atoms with E-state index in [-0.39, 0.29) is 0 Å². The van der Waals surface area contributed by atoms with Crippen LogP contribution in [0, 0.1) is 0 Å². The van der Waals surface area contributed by atoms with Gasteiger partial charge in [0.15, 0.2) is 5.82 Å². The lowest BCUT2D eigenvalue weighted by Gasteiger charge is -2.17. The predicted octanol–water partition coefficient (Wildman–Crippen LogP) is 1.37. The molecule has 0 atom stereocenters. The van der Waals surface area contributed by atoms with E-state index in [4.69, 9.17) is 0 Å². The smallest absolute Gasteiger partial charge is 0.203 e. The summed E-state index contributed by atoms with van der Waals surface area (Å²) in [5, 5.41) is 12.9. The molecule has 0 spiro atoms. The number of rotatable bonds is 4. The minimum absolute atomic E-state index is 0.568. The lowest BCUT2D eigenvalue weighted by atomic mass is 10.3. The van der Waals surface area contributed by atoms with Crippen molar-refractivity contribution < 1.29 is 0 Å². The summed E-state index contributed by atoms with van der Waals surface area (Å²) < 4.78 is 3.87. The van der Waals surface area contributed by atoms with Gasteiger partial charge in [-0.2, -0.15) is 5.10 Å². The van der Waals surface area contributed by atoms with Crippen LogP contribution in [0.5, 0.6) is 0 Å². The van der Waals surface area contributed by atoms with E-state index in [1.165, 1.54) is 12.8 Å². The summed E-state index contributed by atoms with van der Waals surface area (Å²) in [6.45, 7) is 0.742. The van der Waals surface area contributed by atoms with Crippen molar-refractivity contribution in [2.45, 2.75) is 25.3 Å². The fraction of sp³-hybridized carbons (Fsp3) is 0.429. The normalized spacial score (nSPS) is 14.8. The van der Waals surface area contributed by atoms with Crippen LogP contribution in [0.25, 0.3) is 5.65 Å². The van der Waals surface area contributed by atoms with Gasteiger partial charge in [-0.25, -0.2) is 4.98 Å². The molecule has 0 aliphatic heterocycles. The van der Waals surface area contributed by atoms with Crippen LogP contribution in [0.3, 0.4) is 0 Å². The molecule has 1 aliphatic rings. The van der Waals surface area contributed by atoms with Crippen molar-refractivity contribution in [3.05, 3.63) is 36.2 Å². The zero-order valence-corrected chi connectivity index (χ0v) is 12.1. The summed E-state index contributed by atoms with van der Waals surface area (Å²) in [7, 11) is 3.93. The zero-order valence-electron chi connectivity index (χ0n) is 12.1. The van der Waals surface area contributed by atoms with Crippen molar-refractivity contribution >= 4 is 11.5 Å². The Labute approximate surface area is 122 Å². The summed E-state index contributed by atoms with van der Waals surface area (Å²) in [5.41, 5.74) is 1.97. The van der Waals surface area contributed by atoms with Crippen LogP contribution in [0.4, 0.5) is 5.82 Å². The molecule has 1 saturated carbocycles. The molecule has 3 aromatic rings. The average Bonchev–Trinajstić information content (AvgIpc) is 3.10. The largest absolute Gasteiger partial charge is 0.352 e. The molecule has 7 nitrogen and oxygen atoms in total. The number of aromatic nitrogens is 6. The molecule has 4 rings (SSSR count). The first-order valence-electron chi connectivity index (χ1n) is 7.10. The van der Waals surface area contributed by atoms with Gasteiger partial charge in [-0.15, -0.1) is 10.2 Å². The van der Waals surface area contributed by atoms with Crippen LogP contribution in [0.1, 0.15) is 30.1 Å². The SMILES string of the molecule is CN(Cc1cnn(C)c1)c1nccn2c(C3CC3)nnc12. The quantitative estimate of drug-likeness (QED) is 0.723. The van der Waals surface area contributed by atoms with Gasteiger partial charge in [-0.05, 0) is 12.8 Å². The van der Waals surface area contributed by atoms with Gasteiger partial charge >= 0.3 is 0 Å². The summed E-state index contributed by atoms with van der Waals surface area (Å²) in [4.78, 5) is 6.56. The van der Waals surface area contributed by atoms with Crippen LogP contribution in [-0.2, 0) is 13.6 Å². The van der Waals surface area contributed by atoms with Gasteiger partial charge < -0.3 is 4.90 Å². The maximum absolute atomic E-state index is 4.48. The van der Waals surface area contributed by atoms with E-state index in [0.29, 0.717) is 5.92 Å². The molecule has 1 fully saturated rings. The Bertz CT molecular complexity index is 784. The minimum Gasteiger partial charge on any atom is -0.352 e. The number of fused-ring (bicyclic) bond motifs is 1. The third kappa shape index (κ3) is 2.14. The van der Waals surface area contributed by atoms with Crippen molar-refractivity contribution in [1.29, 1.82) is 0 Å². The Morgan fingerprint density at radius 1 is 1.33 bits per heavy atom. The molecule has 0 amide bonds. The summed E-state index contributed by atoms with van der Waals surface area (Å²) in [6, 6.07) is 0. The van der Waals surface area contributed by atoms with Crippen molar-refractivity contribution in [2.75, 3.05) is 11.9 Å². The highest BCUT2D eigenvalue weighted by Crippen LogP contribution is 2.39. The van der Waals surface area contributed by atoms with Crippen molar-refractivity contribution in [1.82, 2.24) is 29.4 Å². The van der Waals surface area contributed by atoms with Crippen molar-refractivity contribution in [3.63, 3.8) is 0 Å². The fourth-order valence-corrected chi connectivity index (χ4v) is 2.62. The molecule has 0 bridgehead atoms. The highest BCUT2D eigenvalue weighted by atomic mass is 15.3. The Kier molecular flexibility index (Phi) is 2.66. The van der Waals surface area contributed by atoms with Gasteiger partial charge in [0.05, 0.1) is 6.20 Å². The first-order valence-corrected chi connectivity index (χ1v) is 7.10. The van der Waals surface area contributed by atoms with Gasteiger partial charge in [-0.1, -0.05) is 0 Å². The van der Waals surface area contributed by atoms with Gasteiger partial charge in [-0.3, -0.25) is 9.08 Å². The molecule has 0 N–H and O–H groups in total. The lowest BCUT2D eigenvalue weighted by molar-refractivity contribution is 0.766. The number of anilines is 1. The van der Waals surface area contributed by atoms with E-state index < -0.39 is 0 Å². The predicted molar refractivity (Wildman–Crippen MR) is 78.1 cm³/mol. The average molecular weight is 283 g/mol.